The number of fused-ring (bicyclic) bond motifs is 2. The Bertz CT molecular complexity index is 1290. The van der Waals surface area contributed by atoms with Gasteiger partial charge in [-0.25, -0.2) is 0 Å². The van der Waals surface area contributed by atoms with E-state index in [0.717, 1.165) is 26.7 Å². The summed E-state index contributed by atoms with van der Waals surface area (Å²) < 4.78 is 5.84. The molecule has 0 atom stereocenters. The number of hydrogen-bond acceptors (Lipinski definition) is 6. The molecule has 0 N–H and O–H groups in total. The van der Waals surface area contributed by atoms with Crippen molar-refractivity contribution in [3.8, 4) is 5.75 Å². The van der Waals surface area contributed by atoms with Crippen LogP contribution in [-0.2, 0) is 9.59 Å². The predicted molar refractivity (Wildman–Crippen MR) is 142 cm³/mol. The van der Waals surface area contributed by atoms with Crippen LogP contribution in [0, 0.1) is 0 Å². The van der Waals surface area contributed by atoms with E-state index in [4.69, 9.17) is 17.0 Å². The Hall–Kier alpha value is -3.07. The molecule has 0 saturated carbocycles. The van der Waals surface area contributed by atoms with Gasteiger partial charge in [0.1, 0.15) is 10.1 Å². The highest BCUT2D eigenvalue weighted by atomic mass is 32.2. The van der Waals surface area contributed by atoms with Crippen molar-refractivity contribution >= 4 is 69.3 Å². The number of carbonyl (C=O) groups is 2. The standard InChI is InChI=1S/C26H20N2O3S3/c1-31-20-11-5-2-8-17(20)16-23-25(30)27(26(32)34-23)15-14-24(29)28-18-9-3-6-12-21(18)33-22-13-7-4-10-19(22)28/h2-13,16H,14-15H2,1H3/b23-16+. The molecule has 2 aliphatic heterocycles. The molecule has 1 fully saturated rings. The fourth-order valence-corrected chi connectivity index (χ4v) is 6.27. The zero-order valence-corrected chi connectivity index (χ0v) is 20.7. The van der Waals surface area contributed by atoms with Crippen LogP contribution < -0.4 is 9.64 Å². The van der Waals surface area contributed by atoms with Gasteiger partial charge in [0.25, 0.3) is 5.91 Å². The molecule has 5 rings (SSSR count). The summed E-state index contributed by atoms with van der Waals surface area (Å²) in [6, 6.07) is 23.2. The summed E-state index contributed by atoms with van der Waals surface area (Å²) >= 11 is 8.37. The lowest BCUT2D eigenvalue weighted by Gasteiger charge is -2.31. The lowest BCUT2D eigenvalue weighted by atomic mass is 10.2. The Morgan fingerprint density at radius 3 is 2.24 bits per heavy atom. The number of ether oxygens (including phenoxy) is 1. The Morgan fingerprint density at radius 1 is 0.941 bits per heavy atom. The van der Waals surface area contributed by atoms with Crippen molar-refractivity contribution in [1.29, 1.82) is 0 Å². The number of thioether (sulfide) groups is 1. The molecule has 170 valence electrons. The number of benzene rings is 3. The number of hydrogen-bond donors (Lipinski definition) is 0. The van der Waals surface area contributed by atoms with Gasteiger partial charge in [-0.2, -0.15) is 0 Å². The van der Waals surface area contributed by atoms with Crippen LogP contribution in [0.25, 0.3) is 6.08 Å². The number of methoxy groups -OCH3 is 1. The highest BCUT2D eigenvalue weighted by molar-refractivity contribution is 8.26. The van der Waals surface area contributed by atoms with E-state index in [1.165, 1.54) is 16.7 Å². The Balaban J connectivity index is 1.35. The summed E-state index contributed by atoms with van der Waals surface area (Å²) in [5.41, 5.74) is 2.52. The first-order chi connectivity index (χ1) is 16.6. The summed E-state index contributed by atoms with van der Waals surface area (Å²) in [6.07, 6.45) is 1.94. The molecule has 0 unspecified atom stereocenters. The zero-order valence-electron chi connectivity index (χ0n) is 18.3. The quantitative estimate of drug-likeness (QED) is 0.308. The predicted octanol–water partition coefficient (Wildman–Crippen LogP) is 6.12. The molecular formula is C26H20N2O3S3. The van der Waals surface area contributed by atoms with E-state index >= 15 is 0 Å². The number of para-hydroxylation sites is 3. The van der Waals surface area contributed by atoms with Crippen molar-refractivity contribution in [1.82, 2.24) is 4.90 Å². The van der Waals surface area contributed by atoms with Crippen LogP contribution in [-0.4, -0.2) is 34.7 Å². The molecule has 5 nitrogen and oxygen atoms in total. The third-order valence-electron chi connectivity index (χ3n) is 5.53. The number of anilines is 2. The topological polar surface area (TPSA) is 49.9 Å². The van der Waals surface area contributed by atoms with Gasteiger partial charge in [0.15, 0.2) is 0 Å². The van der Waals surface area contributed by atoms with Crippen LogP contribution in [0.5, 0.6) is 5.75 Å². The molecule has 8 heteroatoms. The molecular weight excluding hydrogens is 484 g/mol. The van der Waals surface area contributed by atoms with Gasteiger partial charge in [-0.15, -0.1) is 0 Å². The van der Waals surface area contributed by atoms with Crippen LogP contribution >= 0.6 is 35.7 Å². The van der Waals surface area contributed by atoms with E-state index in [-0.39, 0.29) is 24.8 Å². The van der Waals surface area contributed by atoms with Gasteiger partial charge in [-0.05, 0) is 36.4 Å². The van der Waals surface area contributed by atoms with E-state index in [2.05, 4.69) is 0 Å². The fourth-order valence-electron chi connectivity index (χ4n) is 3.91. The number of carbonyl (C=O) groups excluding carboxylic acids is 2. The first kappa shape index (κ1) is 22.7. The van der Waals surface area contributed by atoms with E-state index in [1.807, 2.05) is 72.8 Å². The maximum Gasteiger partial charge on any atom is 0.266 e. The Morgan fingerprint density at radius 2 is 1.56 bits per heavy atom. The van der Waals surface area contributed by atoms with Gasteiger partial charge in [-0.1, -0.05) is 78.2 Å². The average Bonchev–Trinajstić information content (AvgIpc) is 3.13. The first-order valence-electron chi connectivity index (χ1n) is 10.6. The molecule has 2 aliphatic rings. The first-order valence-corrected chi connectivity index (χ1v) is 12.7. The third-order valence-corrected chi connectivity index (χ3v) is 8.04. The van der Waals surface area contributed by atoms with Crippen molar-refractivity contribution in [2.24, 2.45) is 0 Å². The Kier molecular flexibility index (Phi) is 6.45. The molecule has 2 amide bonds. The lowest BCUT2D eigenvalue weighted by Crippen LogP contribution is -2.35. The molecule has 0 aromatic heterocycles. The normalized spacial score (nSPS) is 16.0. The number of rotatable bonds is 5. The molecule has 0 spiro atoms. The van der Waals surface area contributed by atoms with E-state index < -0.39 is 0 Å². The van der Waals surface area contributed by atoms with Gasteiger partial charge >= 0.3 is 0 Å². The van der Waals surface area contributed by atoms with Crippen molar-refractivity contribution in [3.05, 3.63) is 83.3 Å². The van der Waals surface area contributed by atoms with Crippen molar-refractivity contribution in [3.63, 3.8) is 0 Å². The molecule has 0 radical (unpaired) electrons. The number of nitrogens with zero attached hydrogens (tertiary/aromatic N) is 2. The zero-order chi connectivity index (χ0) is 23.7. The van der Waals surface area contributed by atoms with E-state index in [9.17, 15) is 9.59 Å². The molecule has 3 aromatic rings. The number of amides is 2. The summed E-state index contributed by atoms with van der Waals surface area (Å²) in [7, 11) is 1.60. The molecule has 0 bridgehead atoms. The maximum absolute atomic E-state index is 13.4. The second-order valence-corrected chi connectivity index (χ2v) is 10.4. The van der Waals surface area contributed by atoms with Crippen molar-refractivity contribution in [2.75, 3.05) is 18.6 Å². The second-order valence-electron chi connectivity index (χ2n) is 7.59. The second kappa shape index (κ2) is 9.66. The van der Waals surface area contributed by atoms with E-state index in [0.29, 0.717) is 15.0 Å². The molecule has 3 aromatic carbocycles. The minimum atomic E-state index is -0.191. The lowest BCUT2D eigenvalue weighted by molar-refractivity contribution is -0.123. The SMILES string of the molecule is COc1ccccc1/C=C1/SC(=S)N(CCC(=O)N2c3ccccc3Sc3ccccc32)C1=O. The summed E-state index contributed by atoms with van der Waals surface area (Å²) in [4.78, 5) is 32.4. The third kappa shape index (κ3) is 4.24. The fraction of sp³-hybridized carbons (Fsp3) is 0.115. The van der Waals surface area contributed by atoms with Gasteiger partial charge < -0.3 is 4.74 Å². The maximum atomic E-state index is 13.4. The molecule has 1 saturated heterocycles. The van der Waals surface area contributed by atoms with Crippen molar-refractivity contribution < 1.29 is 14.3 Å². The average molecular weight is 505 g/mol. The summed E-state index contributed by atoms with van der Waals surface area (Å²) in [5.74, 6) is 0.412. The summed E-state index contributed by atoms with van der Waals surface area (Å²) in [6.45, 7) is 0.223. The van der Waals surface area contributed by atoms with Gasteiger partial charge in [0, 0.05) is 28.3 Å². The summed E-state index contributed by atoms with van der Waals surface area (Å²) in [5, 5.41) is 0. The molecule has 0 aliphatic carbocycles. The molecule has 34 heavy (non-hydrogen) atoms. The van der Waals surface area contributed by atoms with E-state index in [1.54, 1.807) is 29.8 Å². The van der Waals surface area contributed by atoms with Crippen LogP contribution in [0.15, 0.2) is 87.5 Å². The highest BCUT2D eigenvalue weighted by Gasteiger charge is 2.34. The minimum Gasteiger partial charge on any atom is -0.496 e. The van der Waals surface area contributed by atoms with Crippen LogP contribution in [0.1, 0.15) is 12.0 Å². The van der Waals surface area contributed by atoms with Gasteiger partial charge in [0.2, 0.25) is 5.91 Å². The molecule has 2 heterocycles. The Labute approximate surface area is 211 Å². The number of thiocarbonyl (C=S) groups is 1. The highest BCUT2D eigenvalue weighted by Crippen LogP contribution is 2.48. The largest absolute Gasteiger partial charge is 0.496 e. The van der Waals surface area contributed by atoms with Gasteiger partial charge in [0.05, 0.1) is 23.4 Å². The smallest absolute Gasteiger partial charge is 0.266 e. The van der Waals surface area contributed by atoms with Crippen LogP contribution in [0.3, 0.4) is 0 Å². The van der Waals surface area contributed by atoms with Crippen LogP contribution in [0.4, 0.5) is 11.4 Å². The monoisotopic (exact) mass is 504 g/mol. The van der Waals surface area contributed by atoms with Crippen LogP contribution in [0.2, 0.25) is 0 Å². The minimum absolute atomic E-state index is 0.0806. The van der Waals surface area contributed by atoms with Gasteiger partial charge in [-0.3, -0.25) is 19.4 Å². The van der Waals surface area contributed by atoms with Crippen molar-refractivity contribution in [2.45, 2.75) is 16.2 Å².